The van der Waals surface area contributed by atoms with E-state index in [1.807, 2.05) is 54.6 Å². The first-order valence-electron chi connectivity index (χ1n) is 7.54. The van der Waals surface area contributed by atoms with Gasteiger partial charge in [0.05, 0.1) is 0 Å². The van der Waals surface area contributed by atoms with Gasteiger partial charge < -0.3 is 5.32 Å². The lowest BCUT2D eigenvalue weighted by molar-refractivity contribution is -0.116. The van der Waals surface area contributed by atoms with E-state index in [0.717, 1.165) is 5.69 Å². The zero-order chi connectivity index (χ0) is 15.9. The van der Waals surface area contributed by atoms with Gasteiger partial charge in [-0.05, 0) is 23.6 Å². The molecule has 0 aliphatic rings. The zero-order valence-corrected chi connectivity index (χ0v) is 13.0. The first-order chi connectivity index (χ1) is 10.6. The van der Waals surface area contributed by atoms with Crippen molar-refractivity contribution in [2.45, 2.75) is 32.6 Å². The number of Topliss-reactive ketones (excluding diaryl/α,β-unsaturated/α-hetero) is 1. The van der Waals surface area contributed by atoms with Gasteiger partial charge in [0.2, 0.25) is 5.91 Å². The van der Waals surface area contributed by atoms with Crippen molar-refractivity contribution in [3.8, 4) is 0 Å². The number of benzene rings is 2. The molecular formula is C19H21NO2. The fourth-order valence-corrected chi connectivity index (χ4v) is 2.17. The molecule has 0 aliphatic heterocycles. The standard InChI is InChI=1S/C19H21NO2/c1-14(2)15-8-10-16(11-9-15)18(21)12-13-19(22)20-17-6-4-3-5-7-17/h3-11,14H,12-13H2,1-2H3,(H,20,22). The van der Waals surface area contributed by atoms with Crippen LogP contribution in [0.25, 0.3) is 0 Å². The highest BCUT2D eigenvalue weighted by molar-refractivity contribution is 6.00. The Bertz CT molecular complexity index is 630. The Morgan fingerprint density at radius 3 is 2.14 bits per heavy atom. The number of ketones is 1. The molecule has 0 fully saturated rings. The number of carbonyl (C=O) groups is 2. The molecule has 0 atom stereocenters. The molecule has 114 valence electrons. The second-order valence-corrected chi connectivity index (χ2v) is 5.61. The van der Waals surface area contributed by atoms with E-state index in [0.29, 0.717) is 11.5 Å². The molecular weight excluding hydrogens is 274 g/mol. The molecule has 1 amide bonds. The summed E-state index contributed by atoms with van der Waals surface area (Å²) >= 11 is 0. The highest BCUT2D eigenvalue weighted by Gasteiger charge is 2.10. The van der Waals surface area contributed by atoms with Gasteiger partial charge >= 0.3 is 0 Å². The Morgan fingerprint density at radius 2 is 1.55 bits per heavy atom. The molecule has 0 aromatic heterocycles. The van der Waals surface area contributed by atoms with Gasteiger partial charge in [-0.15, -0.1) is 0 Å². The number of carbonyl (C=O) groups excluding carboxylic acids is 2. The van der Waals surface area contributed by atoms with Crippen molar-refractivity contribution in [2.24, 2.45) is 0 Å². The van der Waals surface area contributed by atoms with Gasteiger partial charge in [0, 0.05) is 24.1 Å². The largest absolute Gasteiger partial charge is 0.326 e. The van der Waals surface area contributed by atoms with Crippen LogP contribution in [0.2, 0.25) is 0 Å². The summed E-state index contributed by atoms with van der Waals surface area (Å²) in [4.78, 5) is 23.9. The van der Waals surface area contributed by atoms with Crippen molar-refractivity contribution in [3.63, 3.8) is 0 Å². The minimum absolute atomic E-state index is 0.00137. The molecule has 3 heteroatoms. The van der Waals surface area contributed by atoms with Crippen molar-refractivity contribution in [2.75, 3.05) is 5.32 Å². The molecule has 3 nitrogen and oxygen atoms in total. The van der Waals surface area contributed by atoms with E-state index in [1.165, 1.54) is 5.56 Å². The van der Waals surface area contributed by atoms with Gasteiger partial charge in [-0.25, -0.2) is 0 Å². The predicted octanol–water partition coefficient (Wildman–Crippen LogP) is 4.41. The number of amides is 1. The summed E-state index contributed by atoms with van der Waals surface area (Å²) in [6, 6.07) is 16.9. The third kappa shape index (κ3) is 4.55. The fourth-order valence-electron chi connectivity index (χ4n) is 2.17. The summed E-state index contributed by atoms with van der Waals surface area (Å²) in [5.41, 5.74) is 2.62. The second kappa shape index (κ2) is 7.55. The van der Waals surface area contributed by atoms with Crippen LogP contribution in [0.15, 0.2) is 54.6 Å². The van der Waals surface area contributed by atoms with E-state index in [-0.39, 0.29) is 24.5 Å². The van der Waals surface area contributed by atoms with Crippen molar-refractivity contribution in [3.05, 3.63) is 65.7 Å². The fraction of sp³-hybridized carbons (Fsp3) is 0.263. The van der Waals surface area contributed by atoms with E-state index in [2.05, 4.69) is 19.2 Å². The molecule has 0 unspecified atom stereocenters. The molecule has 1 N–H and O–H groups in total. The normalized spacial score (nSPS) is 10.5. The molecule has 0 radical (unpaired) electrons. The van der Waals surface area contributed by atoms with Gasteiger partial charge in [-0.3, -0.25) is 9.59 Å². The van der Waals surface area contributed by atoms with E-state index in [4.69, 9.17) is 0 Å². The summed E-state index contributed by atoms with van der Waals surface area (Å²) < 4.78 is 0. The molecule has 0 saturated heterocycles. The van der Waals surface area contributed by atoms with Crippen molar-refractivity contribution < 1.29 is 9.59 Å². The maximum atomic E-state index is 12.1. The molecule has 2 rings (SSSR count). The lowest BCUT2D eigenvalue weighted by Crippen LogP contribution is -2.13. The number of para-hydroxylation sites is 1. The van der Waals surface area contributed by atoms with E-state index >= 15 is 0 Å². The number of nitrogens with one attached hydrogen (secondary N) is 1. The molecule has 0 heterocycles. The second-order valence-electron chi connectivity index (χ2n) is 5.61. The lowest BCUT2D eigenvalue weighted by atomic mass is 9.99. The quantitative estimate of drug-likeness (QED) is 0.802. The molecule has 0 saturated carbocycles. The zero-order valence-electron chi connectivity index (χ0n) is 13.0. The molecule has 0 aliphatic carbocycles. The third-order valence-corrected chi connectivity index (χ3v) is 3.54. The number of rotatable bonds is 6. The first kappa shape index (κ1) is 16.0. The molecule has 2 aromatic rings. The highest BCUT2D eigenvalue weighted by atomic mass is 16.2. The molecule has 2 aromatic carbocycles. The molecule has 22 heavy (non-hydrogen) atoms. The first-order valence-corrected chi connectivity index (χ1v) is 7.54. The highest BCUT2D eigenvalue weighted by Crippen LogP contribution is 2.16. The van der Waals surface area contributed by atoms with Gasteiger partial charge in [0.1, 0.15) is 0 Å². The van der Waals surface area contributed by atoms with E-state index < -0.39 is 0 Å². The van der Waals surface area contributed by atoms with Crippen molar-refractivity contribution in [1.29, 1.82) is 0 Å². The topological polar surface area (TPSA) is 46.2 Å². The van der Waals surface area contributed by atoms with Gasteiger partial charge in [0.25, 0.3) is 0 Å². The Balaban J connectivity index is 1.85. The van der Waals surface area contributed by atoms with Crippen LogP contribution in [0, 0.1) is 0 Å². The van der Waals surface area contributed by atoms with Crippen LogP contribution in [-0.2, 0) is 4.79 Å². The maximum Gasteiger partial charge on any atom is 0.224 e. The summed E-state index contributed by atoms with van der Waals surface area (Å²) in [7, 11) is 0. The Morgan fingerprint density at radius 1 is 0.909 bits per heavy atom. The summed E-state index contributed by atoms with van der Waals surface area (Å²) in [5, 5.41) is 2.78. The maximum absolute atomic E-state index is 12.1. The lowest BCUT2D eigenvalue weighted by Gasteiger charge is -2.07. The minimum atomic E-state index is -0.140. The summed E-state index contributed by atoms with van der Waals surface area (Å²) in [6.07, 6.45) is 0.416. The van der Waals surface area contributed by atoms with Crippen LogP contribution in [0.3, 0.4) is 0 Å². The molecule has 0 spiro atoms. The third-order valence-electron chi connectivity index (χ3n) is 3.54. The van der Waals surface area contributed by atoms with Gasteiger partial charge in [-0.1, -0.05) is 56.3 Å². The summed E-state index contributed by atoms with van der Waals surface area (Å²) in [6.45, 7) is 4.23. The van der Waals surface area contributed by atoms with Crippen LogP contribution in [0.5, 0.6) is 0 Å². The van der Waals surface area contributed by atoms with Crippen molar-refractivity contribution >= 4 is 17.4 Å². The smallest absolute Gasteiger partial charge is 0.224 e. The van der Waals surface area contributed by atoms with Crippen LogP contribution in [0.1, 0.15) is 48.5 Å². The van der Waals surface area contributed by atoms with Crippen LogP contribution in [0.4, 0.5) is 5.69 Å². The van der Waals surface area contributed by atoms with E-state index in [9.17, 15) is 9.59 Å². The Hall–Kier alpha value is -2.42. The molecule has 0 bridgehead atoms. The monoisotopic (exact) mass is 295 g/mol. The minimum Gasteiger partial charge on any atom is -0.326 e. The number of anilines is 1. The van der Waals surface area contributed by atoms with Crippen molar-refractivity contribution in [1.82, 2.24) is 0 Å². The average molecular weight is 295 g/mol. The number of hydrogen-bond donors (Lipinski definition) is 1. The number of hydrogen-bond acceptors (Lipinski definition) is 2. The van der Waals surface area contributed by atoms with Crippen LogP contribution in [-0.4, -0.2) is 11.7 Å². The van der Waals surface area contributed by atoms with Gasteiger partial charge in [-0.2, -0.15) is 0 Å². The summed E-state index contributed by atoms with van der Waals surface area (Å²) in [5.74, 6) is 0.303. The van der Waals surface area contributed by atoms with E-state index in [1.54, 1.807) is 0 Å². The Labute approximate surface area is 131 Å². The SMILES string of the molecule is CC(C)c1ccc(C(=O)CCC(=O)Nc2ccccc2)cc1. The van der Waals surface area contributed by atoms with Crippen LogP contribution < -0.4 is 5.32 Å². The average Bonchev–Trinajstić information content (AvgIpc) is 2.53. The van der Waals surface area contributed by atoms with Gasteiger partial charge in [0.15, 0.2) is 5.78 Å². The Kier molecular flexibility index (Phi) is 5.48. The predicted molar refractivity (Wildman–Crippen MR) is 89.2 cm³/mol. The van der Waals surface area contributed by atoms with Crippen LogP contribution >= 0.6 is 0 Å².